The highest BCUT2D eigenvalue weighted by atomic mass is 35.5. The molecule has 0 bridgehead atoms. The average molecular weight is 273 g/mol. The van der Waals surface area contributed by atoms with E-state index in [0.29, 0.717) is 22.0 Å². The van der Waals surface area contributed by atoms with Gasteiger partial charge in [0.05, 0.1) is 17.2 Å². The van der Waals surface area contributed by atoms with Crippen molar-refractivity contribution < 1.29 is 14.3 Å². The van der Waals surface area contributed by atoms with E-state index in [-0.39, 0.29) is 5.92 Å². The van der Waals surface area contributed by atoms with Crippen molar-refractivity contribution in [3.8, 4) is 0 Å². The average Bonchev–Trinajstić information content (AvgIpc) is 3.07. The normalized spacial score (nSPS) is 26.4. The lowest BCUT2D eigenvalue weighted by atomic mass is 9.93. The predicted octanol–water partition coefficient (Wildman–Crippen LogP) is 2.62. The number of hydrogen-bond donors (Lipinski definition) is 0. The number of carbonyl (C=O) groups is 2. The summed E-state index contributed by atoms with van der Waals surface area (Å²) in [6.45, 7) is 0. The van der Waals surface area contributed by atoms with Crippen molar-refractivity contribution in [1.29, 1.82) is 0 Å². The van der Waals surface area contributed by atoms with Crippen molar-refractivity contribution in [1.82, 2.24) is 0 Å². The maximum absolute atomic E-state index is 11.8. The van der Waals surface area contributed by atoms with E-state index in [1.54, 1.807) is 18.2 Å². The summed E-state index contributed by atoms with van der Waals surface area (Å²) in [4.78, 5) is 22.7. The fourth-order valence-electron chi connectivity index (χ4n) is 2.09. The fourth-order valence-corrected chi connectivity index (χ4v) is 2.39. The molecule has 0 radical (unpaired) electrons. The molecule has 0 aromatic heterocycles. The van der Waals surface area contributed by atoms with Gasteiger partial charge in [-0.15, -0.1) is 0 Å². The van der Waals surface area contributed by atoms with Crippen LogP contribution in [0.5, 0.6) is 0 Å². The van der Waals surface area contributed by atoms with Crippen LogP contribution in [0.1, 0.15) is 12.0 Å². The molecule has 5 heteroatoms. The largest absolute Gasteiger partial charge is 0.468 e. The molecule has 1 saturated carbocycles. The quantitative estimate of drug-likeness (QED) is 0.628. The molecular weight excluding hydrogens is 263 g/mol. The second kappa shape index (κ2) is 4.31. The lowest BCUT2D eigenvalue weighted by molar-refractivity contribution is -0.144. The van der Waals surface area contributed by atoms with E-state index in [4.69, 9.17) is 27.9 Å². The Labute approximate surface area is 109 Å². The highest BCUT2D eigenvalue weighted by molar-refractivity contribution is 6.42. The van der Waals surface area contributed by atoms with Crippen molar-refractivity contribution in [2.75, 3.05) is 7.11 Å². The molecule has 0 spiro atoms. The Morgan fingerprint density at radius 1 is 1.47 bits per heavy atom. The highest BCUT2D eigenvalue weighted by Crippen LogP contribution is 2.54. The molecule has 1 aliphatic rings. The van der Waals surface area contributed by atoms with Crippen LogP contribution in [0.2, 0.25) is 10.0 Å². The van der Waals surface area contributed by atoms with Crippen molar-refractivity contribution in [2.24, 2.45) is 5.92 Å². The van der Waals surface area contributed by atoms with E-state index < -0.39 is 11.4 Å². The topological polar surface area (TPSA) is 43.4 Å². The standard InChI is InChI=1S/C12H10Cl2O3/c1-17-11(16)12(5-8(12)6-15)7-2-3-9(13)10(14)4-7/h2-4,6,8H,5H2,1H3/t8-,12-/m1/s1. The number of rotatable bonds is 3. The van der Waals surface area contributed by atoms with E-state index in [1.165, 1.54) is 7.11 Å². The van der Waals surface area contributed by atoms with Crippen molar-refractivity contribution in [3.05, 3.63) is 33.8 Å². The van der Waals surface area contributed by atoms with Gasteiger partial charge in [-0.05, 0) is 24.1 Å². The molecule has 2 atom stereocenters. The molecule has 17 heavy (non-hydrogen) atoms. The van der Waals surface area contributed by atoms with Crippen LogP contribution in [-0.4, -0.2) is 19.4 Å². The van der Waals surface area contributed by atoms with Gasteiger partial charge in [0.15, 0.2) is 0 Å². The Morgan fingerprint density at radius 3 is 2.65 bits per heavy atom. The van der Waals surface area contributed by atoms with Gasteiger partial charge in [0.1, 0.15) is 11.7 Å². The summed E-state index contributed by atoms with van der Waals surface area (Å²) in [6.07, 6.45) is 1.24. The van der Waals surface area contributed by atoms with E-state index in [0.717, 1.165) is 6.29 Å². The molecule has 1 aromatic rings. The zero-order valence-electron chi connectivity index (χ0n) is 9.07. The van der Waals surface area contributed by atoms with Gasteiger partial charge in [-0.3, -0.25) is 4.79 Å². The minimum Gasteiger partial charge on any atom is -0.468 e. The second-order valence-corrected chi connectivity index (χ2v) is 4.85. The molecule has 0 heterocycles. The number of methoxy groups -OCH3 is 1. The summed E-state index contributed by atoms with van der Waals surface area (Å²) >= 11 is 11.7. The van der Waals surface area contributed by atoms with Gasteiger partial charge in [-0.2, -0.15) is 0 Å². The Balaban J connectivity index is 2.45. The van der Waals surface area contributed by atoms with Crippen LogP contribution < -0.4 is 0 Å². The van der Waals surface area contributed by atoms with Crippen LogP contribution >= 0.6 is 23.2 Å². The maximum Gasteiger partial charge on any atom is 0.317 e. The SMILES string of the molecule is COC(=O)[C@@]1(c2ccc(Cl)c(Cl)c2)C[C@@H]1C=O. The minimum atomic E-state index is -0.870. The number of hydrogen-bond acceptors (Lipinski definition) is 3. The van der Waals surface area contributed by atoms with Crippen LogP contribution in [0.25, 0.3) is 0 Å². The van der Waals surface area contributed by atoms with Crippen LogP contribution in [0, 0.1) is 5.92 Å². The third kappa shape index (κ3) is 1.83. The lowest BCUT2D eigenvalue weighted by Crippen LogP contribution is -2.25. The molecule has 0 N–H and O–H groups in total. The number of carbonyl (C=O) groups excluding carboxylic acids is 2. The van der Waals surface area contributed by atoms with Gasteiger partial charge >= 0.3 is 5.97 Å². The number of halogens is 2. The summed E-state index contributed by atoms with van der Waals surface area (Å²) in [5, 5.41) is 0.780. The van der Waals surface area contributed by atoms with E-state index in [1.807, 2.05) is 0 Å². The molecule has 2 rings (SSSR count). The summed E-state index contributed by atoms with van der Waals surface area (Å²) in [6, 6.07) is 4.93. The van der Waals surface area contributed by atoms with E-state index in [9.17, 15) is 9.59 Å². The molecule has 0 aliphatic heterocycles. The van der Waals surface area contributed by atoms with Gasteiger partial charge < -0.3 is 9.53 Å². The fraction of sp³-hybridized carbons (Fsp3) is 0.333. The Kier molecular flexibility index (Phi) is 3.15. The Hall–Kier alpha value is -1.06. The highest BCUT2D eigenvalue weighted by Gasteiger charge is 2.62. The molecule has 1 aliphatic carbocycles. The smallest absolute Gasteiger partial charge is 0.317 e. The summed E-state index contributed by atoms with van der Waals surface area (Å²) < 4.78 is 4.76. The lowest BCUT2D eigenvalue weighted by Gasteiger charge is -2.14. The van der Waals surface area contributed by atoms with Crippen LogP contribution in [0.4, 0.5) is 0 Å². The van der Waals surface area contributed by atoms with Gasteiger partial charge in [0, 0.05) is 5.92 Å². The number of benzene rings is 1. The zero-order chi connectivity index (χ0) is 12.6. The first-order valence-electron chi connectivity index (χ1n) is 5.05. The van der Waals surface area contributed by atoms with E-state index in [2.05, 4.69) is 0 Å². The molecule has 3 nitrogen and oxygen atoms in total. The molecule has 1 fully saturated rings. The number of aldehydes is 1. The minimum absolute atomic E-state index is 0.341. The first kappa shape index (κ1) is 12.4. The van der Waals surface area contributed by atoms with Gasteiger partial charge in [-0.25, -0.2) is 0 Å². The van der Waals surface area contributed by atoms with Gasteiger partial charge in [-0.1, -0.05) is 29.3 Å². The summed E-state index contributed by atoms with van der Waals surface area (Å²) in [7, 11) is 1.31. The summed E-state index contributed by atoms with van der Waals surface area (Å²) in [5.41, 5.74) is -0.194. The monoisotopic (exact) mass is 272 g/mol. The molecule has 0 amide bonds. The van der Waals surface area contributed by atoms with Crippen molar-refractivity contribution in [3.63, 3.8) is 0 Å². The van der Waals surface area contributed by atoms with Gasteiger partial charge in [0.2, 0.25) is 0 Å². The van der Waals surface area contributed by atoms with E-state index >= 15 is 0 Å². The molecular formula is C12H10Cl2O3. The van der Waals surface area contributed by atoms with Crippen molar-refractivity contribution in [2.45, 2.75) is 11.8 Å². The third-order valence-electron chi connectivity index (χ3n) is 3.16. The van der Waals surface area contributed by atoms with Gasteiger partial charge in [0.25, 0.3) is 0 Å². The maximum atomic E-state index is 11.8. The van der Waals surface area contributed by atoms with Crippen LogP contribution in [0.3, 0.4) is 0 Å². The summed E-state index contributed by atoms with van der Waals surface area (Å²) in [5.74, 6) is -0.750. The Morgan fingerprint density at radius 2 is 2.18 bits per heavy atom. The predicted molar refractivity (Wildman–Crippen MR) is 64.3 cm³/mol. The molecule has 1 aromatic carbocycles. The zero-order valence-corrected chi connectivity index (χ0v) is 10.6. The first-order chi connectivity index (χ1) is 8.06. The number of esters is 1. The first-order valence-corrected chi connectivity index (χ1v) is 5.81. The van der Waals surface area contributed by atoms with Crippen LogP contribution in [-0.2, 0) is 19.7 Å². The second-order valence-electron chi connectivity index (χ2n) is 4.04. The molecule has 0 unspecified atom stereocenters. The van der Waals surface area contributed by atoms with Crippen molar-refractivity contribution >= 4 is 35.5 Å². The molecule has 0 saturated heterocycles. The van der Waals surface area contributed by atoms with Crippen LogP contribution in [0.15, 0.2) is 18.2 Å². The number of ether oxygens (including phenoxy) is 1. The third-order valence-corrected chi connectivity index (χ3v) is 3.90. The Bertz CT molecular complexity index is 487. The molecule has 90 valence electrons.